The number of alkyl halides is 3. The van der Waals surface area contributed by atoms with Crippen LogP contribution in [0.3, 0.4) is 0 Å². The van der Waals surface area contributed by atoms with E-state index in [1.165, 1.54) is 12.1 Å². The van der Waals surface area contributed by atoms with Crippen LogP contribution >= 0.6 is 0 Å². The van der Waals surface area contributed by atoms with Gasteiger partial charge in [0, 0.05) is 24.3 Å². The van der Waals surface area contributed by atoms with Crippen molar-refractivity contribution in [1.82, 2.24) is 20.3 Å². The van der Waals surface area contributed by atoms with Gasteiger partial charge in [-0.1, -0.05) is 24.3 Å². The number of carbonyl (C=O) groups excluding carboxylic acids is 1. The predicted molar refractivity (Wildman–Crippen MR) is 152 cm³/mol. The maximum absolute atomic E-state index is 13.1. The van der Waals surface area contributed by atoms with E-state index < -0.39 is 22.7 Å². The van der Waals surface area contributed by atoms with E-state index >= 15 is 0 Å². The number of rotatable bonds is 9. The smallest absolute Gasteiger partial charge is 0.359 e. The lowest BCUT2D eigenvalue weighted by molar-refractivity contribution is -0.119. The van der Waals surface area contributed by atoms with Crippen LogP contribution < -0.4 is 26.4 Å². The number of benzene rings is 2. The van der Waals surface area contributed by atoms with Crippen LogP contribution in [-0.4, -0.2) is 55.1 Å². The number of fused-ring (bicyclic) bond motifs is 1. The van der Waals surface area contributed by atoms with Crippen LogP contribution in [0, 0.1) is 5.92 Å². The van der Waals surface area contributed by atoms with Crippen molar-refractivity contribution >= 4 is 44.4 Å². The second-order valence-corrected chi connectivity index (χ2v) is 11.3. The molecule has 220 valence electrons. The summed E-state index contributed by atoms with van der Waals surface area (Å²) in [4.78, 5) is 25.5. The van der Waals surface area contributed by atoms with Gasteiger partial charge in [-0.3, -0.25) is 4.79 Å². The number of amides is 1. The number of hydrogen-bond donors (Lipinski definition) is 5. The zero-order chi connectivity index (χ0) is 29.9. The molecule has 2 aromatic carbocycles. The summed E-state index contributed by atoms with van der Waals surface area (Å²) in [6.45, 7) is 0.289. The van der Waals surface area contributed by atoms with Gasteiger partial charge < -0.3 is 21.3 Å². The summed E-state index contributed by atoms with van der Waals surface area (Å²) in [6.07, 6.45) is -3.72. The van der Waals surface area contributed by atoms with Gasteiger partial charge in [0.05, 0.1) is 22.0 Å². The maximum atomic E-state index is 13.1. The van der Waals surface area contributed by atoms with Gasteiger partial charge in [-0.2, -0.15) is 18.2 Å². The normalized spacial score (nSPS) is 15.5. The molecular weight excluding hydrogens is 573 g/mol. The summed E-state index contributed by atoms with van der Waals surface area (Å²) in [5.41, 5.74) is 2.91. The Morgan fingerprint density at radius 3 is 2.36 bits per heavy atom. The Balaban J connectivity index is 1.37. The maximum Gasteiger partial charge on any atom is 0.405 e. The largest absolute Gasteiger partial charge is 0.405 e. The van der Waals surface area contributed by atoms with Gasteiger partial charge in [0.1, 0.15) is 12.1 Å². The monoisotopic (exact) mass is 600 g/mol. The van der Waals surface area contributed by atoms with Crippen molar-refractivity contribution < 1.29 is 26.4 Å². The topological polar surface area (TPSA) is 164 Å². The van der Waals surface area contributed by atoms with Crippen LogP contribution in [0.1, 0.15) is 12.0 Å². The predicted octanol–water partition coefficient (Wildman–Crippen LogP) is 3.47. The second kappa shape index (κ2) is 11.9. The molecule has 1 aliphatic heterocycles. The highest BCUT2D eigenvalue weighted by molar-refractivity contribution is 7.89. The van der Waals surface area contributed by atoms with Crippen LogP contribution in [0.5, 0.6) is 0 Å². The lowest BCUT2D eigenvalue weighted by atomic mass is 10.1. The second-order valence-electron chi connectivity index (χ2n) is 9.73. The number of nitrogens with two attached hydrogens (primary N) is 1. The van der Waals surface area contributed by atoms with E-state index in [1.54, 1.807) is 48.5 Å². The van der Waals surface area contributed by atoms with Crippen molar-refractivity contribution in [3.63, 3.8) is 0 Å². The molecule has 4 aromatic rings. The van der Waals surface area contributed by atoms with Gasteiger partial charge >= 0.3 is 6.18 Å². The van der Waals surface area contributed by atoms with Gasteiger partial charge in [0.25, 0.3) is 0 Å². The van der Waals surface area contributed by atoms with Crippen molar-refractivity contribution in [3.8, 4) is 11.3 Å². The number of hydrogen-bond acceptors (Lipinski definition) is 9. The fraction of sp³-hybridized carbons (Fsp3) is 0.259. The summed E-state index contributed by atoms with van der Waals surface area (Å²) in [5, 5.41) is 16.4. The summed E-state index contributed by atoms with van der Waals surface area (Å²) in [6, 6.07) is 16.1. The minimum Gasteiger partial charge on any atom is -0.359 e. The molecule has 0 radical (unpaired) electrons. The third-order valence-electron chi connectivity index (χ3n) is 6.58. The van der Waals surface area contributed by atoms with E-state index in [0.717, 1.165) is 13.0 Å². The fourth-order valence-electron chi connectivity index (χ4n) is 4.39. The average Bonchev–Trinajstić information content (AvgIpc) is 3.50. The summed E-state index contributed by atoms with van der Waals surface area (Å²) in [5.74, 6) is -0.196. The quantitative estimate of drug-likeness (QED) is 0.194. The van der Waals surface area contributed by atoms with E-state index in [9.17, 15) is 26.4 Å². The van der Waals surface area contributed by atoms with Crippen molar-refractivity contribution in [2.75, 3.05) is 35.6 Å². The van der Waals surface area contributed by atoms with E-state index in [-0.39, 0.29) is 40.5 Å². The first-order valence-corrected chi connectivity index (χ1v) is 14.5. The van der Waals surface area contributed by atoms with Gasteiger partial charge in [-0.05, 0) is 54.9 Å². The number of pyridine rings is 1. The van der Waals surface area contributed by atoms with E-state index in [0.29, 0.717) is 34.6 Å². The van der Waals surface area contributed by atoms with Crippen molar-refractivity contribution in [1.29, 1.82) is 0 Å². The highest BCUT2D eigenvalue weighted by Crippen LogP contribution is 2.27. The molecule has 0 aliphatic carbocycles. The summed E-state index contributed by atoms with van der Waals surface area (Å²) < 4.78 is 62.1. The Labute approximate surface area is 239 Å². The third kappa shape index (κ3) is 7.29. The number of nitrogens with one attached hydrogen (secondary N) is 4. The Morgan fingerprint density at radius 1 is 0.976 bits per heavy atom. The molecule has 5 rings (SSSR count). The molecule has 0 saturated carbocycles. The molecule has 0 bridgehead atoms. The van der Waals surface area contributed by atoms with Crippen molar-refractivity contribution in [3.05, 3.63) is 66.2 Å². The van der Waals surface area contributed by atoms with Crippen LogP contribution in [0.2, 0.25) is 0 Å². The van der Waals surface area contributed by atoms with Gasteiger partial charge in [0.15, 0.2) is 5.82 Å². The molecule has 1 saturated heterocycles. The first-order chi connectivity index (χ1) is 19.9. The number of halogens is 3. The Kier molecular flexibility index (Phi) is 8.24. The average molecular weight is 601 g/mol. The molecule has 15 heteroatoms. The number of carbonyl (C=O) groups is 1. The fourth-order valence-corrected chi connectivity index (χ4v) is 4.90. The lowest BCUT2D eigenvalue weighted by Crippen LogP contribution is -2.24. The minimum atomic E-state index is -4.50. The molecule has 1 fully saturated rings. The summed E-state index contributed by atoms with van der Waals surface area (Å²) >= 11 is 0. The molecule has 2 aromatic heterocycles. The molecule has 1 amide bonds. The van der Waals surface area contributed by atoms with Gasteiger partial charge in [0.2, 0.25) is 21.9 Å². The standard InChI is InChI=1S/C27H27F3N8O3S/c28-27(29,30)15-34-24-23-22(37-26(38-24)33-13-16-1-7-20(8-2-16)42(31,40)41)10-9-21(36-23)17-3-5-19(6-4-17)35-25(39)18-11-12-32-14-18/h1-10,18,32H,11-15H2,(H,35,39)(H2,31,40,41)(H2,33,34,37,38)/t18-/m0/s1. The van der Waals surface area contributed by atoms with Gasteiger partial charge in [-0.15, -0.1) is 0 Å². The number of sulfonamides is 1. The first-order valence-electron chi connectivity index (χ1n) is 12.9. The first kappa shape index (κ1) is 29.2. The molecule has 0 spiro atoms. The molecular formula is C27H27F3N8O3S. The SMILES string of the molecule is NS(=O)(=O)c1ccc(CNc2nc(NCC(F)(F)F)c3nc(-c4ccc(NC(=O)[C@H]5CCNC5)cc4)ccc3n2)cc1. The van der Waals surface area contributed by atoms with E-state index in [1.807, 2.05) is 0 Å². The van der Waals surface area contributed by atoms with Crippen molar-refractivity contribution in [2.45, 2.75) is 24.0 Å². The van der Waals surface area contributed by atoms with E-state index in [2.05, 4.69) is 36.2 Å². The molecule has 11 nitrogen and oxygen atoms in total. The minimum absolute atomic E-state index is 0.0465. The molecule has 3 heterocycles. The van der Waals surface area contributed by atoms with Crippen LogP contribution in [0.25, 0.3) is 22.3 Å². The number of primary sulfonamides is 1. The Hall–Kier alpha value is -4.34. The highest BCUT2D eigenvalue weighted by atomic mass is 32.2. The molecule has 6 N–H and O–H groups in total. The third-order valence-corrected chi connectivity index (χ3v) is 7.51. The Bertz CT molecular complexity index is 1690. The lowest BCUT2D eigenvalue weighted by Gasteiger charge is -2.14. The molecule has 1 aliphatic rings. The number of anilines is 3. The van der Waals surface area contributed by atoms with Crippen molar-refractivity contribution in [2.24, 2.45) is 11.1 Å². The number of aromatic nitrogens is 3. The molecule has 1 atom stereocenters. The number of nitrogens with zero attached hydrogens (tertiary/aromatic N) is 3. The highest BCUT2D eigenvalue weighted by Gasteiger charge is 2.28. The van der Waals surface area contributed by atoms with Crippen LogP contribution in [0.4, 0.5) is 30.6 Å². The zero-order valence-electron chi connectivity index (χ0n) is 22.1. The molecule has 42 heavy (non-hydrogen) atoms. The summed E-state index contributed by atoms with van der Waals surface area (Å²) in [7, 11) is -3.84. The Morgan fingerprint density at radius 2 is 1.71 bits per heavy atom. The van der Waals surface area contributed by atoms with Crippen LogP contribution in [-0.2, 0) is 21.4 Å². The van der Waals surface area contributed by atoms with Gasteiger partial charge in [-0.25, -0.2) is 23.5 Å². The zero-order valence-corrected chi connectivity index (χ0v) is 22.9. The van der Waals surface area contributed by atoms with E-state index in [4.69, 9.17) is 5.14 Å². The van der Waals surface area contributed by atoms with Crippen LogP contribution in [0.15, 0.2) is 65.6 Å². The molecule has 0 unspecified atom stereocenters.